The molecular formula is C22H20F3N3O2S2. The monoisotopic (exact) mass is 479 g/mol. The van der Waals surface area contributed by atoms with Crippen LogP contribution < -0.4 is 10.9 Å². The maximum Gasteiger partial charge on any atom is 0.263 e. The van der Waals surface area contributed by atoms with Gasteiger partial charge < -0.3 is 5.32 Å². The van der Waals surface area contributed by atoms with Gasteiger partial charge in [-0.3, -0.25) is 14.2 Å². The maximum absolute atomic E-state index is 13.8. The second-order valence-electron chi connectivity index (χ2n) is 7.40. The van der Waals surface area contributed by atoms with Crippen molar-refractivity contribution in [3.8, 4) is 0 Å². The topological polar surface area (TPSA) is 64.0 Å². The van der Waals surface area contributed by atoms with Gasteiger partial charge >= 0.3 is 0 Å². The number of anilines is 1. The van der Waals surface area contributed by atoms with Crippen LogP contribution in [-0.2, 0) is 24.2 Å². The molecule has 32 heavy (non-hydrogen) atoms. The Kier molecular flexibility index (Phi) is 6.71. The normalized spacial score (nSPS) is 13.6. The summed E-state index contributed by atoms with van der Waals surface area (Å²) in [4.78, 5) is 32.1. The third-order valence-electron chi connectivity index (χ3n) is 5.24. The van der Waals surface area contributed by atoms with Gasteiger partial charge in [-0.15, -0.1) is 17.9 Å². The van der Waals surface area contributed by atoms with Crippen LogP contribution in [0.4, 0.5) is 18.9 Å². The molecule has 0 bridgehead atoms. The number of hydrogen-bond acceptors (Lipinski definition) is 5. The average Bonchev–Trinajstić information content (AvgIpc) is 2.96. The van der Waals surface area contributed by atoms with Crippen molar-refractivity contribution in [2.75, 3.05) is 11.1 Å². The van der Waals surface area contributed by atoms with E-state index in [0.29, 0.717) is 15.4 Å². The molecule has 4 rings (SSSR count). The van der Waals surface area contributed by atoms with E-state index in [0.717, 1.165) is 61.6 Å². The molecule has 0 saturated heterocycles. The third kappa shape index (κ3) is 4.33. The zero-order chi connectivity index (χ0) is 22.8. The van der Waals surface area contributed by atoms with E-state index in [1.54, 1.807) is 6.08 Å². The van der Waals surface area contributed by atoms with Gasteiger partial charge in [0.05, 0.1) is 16.8 Å². The molecule has 0 radical (unpaired) electrons. The fourth-order valence-corrected chi connectivity index (χ4v) is 5.85. The van der Waals surface area contributed by atoms with E-state index >= 15 is 0 Å². The summed E-state index contributed by atoms with van der Waals surface area (Å²) in [7, 11) is 0. The second kappa shape index (κ2) is 9.50. The average molecular weight is 480 g/mol. The van der Waals surface area contributed by atoms with Crippen LogP contribution in [0.3, 0.4) is 0 Å². The zero-order valence-corrected chi connectivity index (χ0v) is 18.7. The molecule has 168 valence electrons. The molecule has 1 aliphatic carbocycles. The molecule has 2 heterocycles. The Balaban J connectivity index is 1.60. The molecule has 0 unspecified atom stereocenters. The van der Waals surface area contributed by atoms with Crippen molar-refractivity contribution in [1.29, 1.82) is 0 Å². The number of nitrogens with zero attached hydrogens (tertiary/aromatic N) is 2. The molecule has 10 heteroatoms. The molecule has 5 nitrogen and oxygen atoms in total. The summed E-state index contributed by atoms with van der Waals surface area (Å²) in [5.41, 5.74) is 0.466. The fourth-order valence-electron chi connectivity index (χ4n) is 3.74. The summed E-state index contributed by atoms with van der Waals surface area (Å²) in [5.74, 6) is -5.29. The smallest absolute Gasteiger partial charge is 0.263 e. The first-order valence-electron chi connectivity index (χ1n) is 10.1. The lowest BCUT2D eigenvalue weighted by molar-refractivity contribution is -0.113. The van der Waals surface area contributed by atoms with Crippen LogP contribution in [0.1, 0.15) is 29.7 Å². The van der Waals surface area contributed by atoms with Gasteiger partial charge in [-0.1, -0.05) is 24.3 Å². The van der Waals surface area contributed by atoms with E-state index in [1.807, 2.05) is 0 Å². The first-order chi connectivity index (χ1) is 15.4. The van der Waals surface area contributed by atoms with E-state index in [2.05, 4.69) is 16.9 Å². The Hall–Kier alpha value is -2.59. The number of carbonyl (C=O) groups excluding carboxylic acids is 1. The lowest BCUT2D eigenvalue weighted by atomic mass is 10.1. The largest absolute Gasteiger partial charge is 0.323 e. The predicted molar refractivity (Wildman–Crippen MR) is 121 cm³/mol. The number of amides is 1. The van der Waals surface area contributed by atoms with E-state index in [4.69, 9.17) is 0 Å². The predicted octanol–water partition coefficient (Wildman–Crippen LogP) is 5.06. The summed E-state index contributed by atoms with van der Waals surface area (Å²) in [6, 6.07) is 1.69. The number of allylic oxidation sites excluding steroid dienone is 1. The minimum Gasteiger partial charge on any atom is -0.323 e. The highest BCUT2D eigenvalue weighted by molar-refractivity contribution is 7.99. The van der Waals surface area contributed by atoms with Gasteiger partial charge in [0.2, 0.25) is 5.91 Å². The first-order valence-corrected chi connectivity index (χ1v) is 11.9. The van der Waals surface area contributed by atoms with Crippen LogP contribution in [0.15, 0.2) is 34.7 Å². The number of fused-ring (bicyclic) bond motifs is 3. The number of carbonyl (C=O) groups is 1. The molecule has 0 aliphatic heterocycles. The Morgan fingerprint density at radius 2 is 2.00 bits per heavy atom. The molecule has 1 aromatic carbocycles. The highest BCUT2D eigenvalue weighted by Gasteiger charge is 2.22. The van der Waals surface area contributed by atoms with Gasteiger partial charge in [0.1, 0.15) is 4.83 Å². The first kappa shape index (κ1) is 22.6. The lowest BCUT2D eigenvalue weighted by Gasteiger charge is -2.11. The standard InChI is InChI=1S/C22H20F3N3O2S2/c1-2-10-28-21(30)17-12-6-4-3-5-7-15(12)32-20(17)27-22(28)31-11-16(29)26-14-9-8-13(23)18(24)19(14)25/h2,8-9H,1,3-7,10-11H2,(H,26,29). The number of nitrogens with one attached hydrogen (secondary N) is 1. The van der Waals surface area contributed by atoms with Crippen molar-refractivity contribution in [2.45, 2.75) is 43.8 Å². The minimum absolute atomic E-state index is 0.163. The Labute approximate surface area is 190 Å². The number of aromatic nitrogens is 2. The van der Waals surface area contributed by atoms with Crippen LogP contribution in [0.5, 0.6) is 0 Å². The summed E-state index contributed by atoms with van der Waals surface area (Å²) in [6.07, 6.45) is 6.64. The highest BCUT2D eigenvalue weighted by Crippen LogP contribution is 2.34. The lowest BCUT2D eigenvalue weighted by Crippen LogP contribution is -2.24. The number of aryl methyl sites for hydroxylation is 2. The minimum atomic E-state index is -1.65. The summed E-state index contributed by atoms with van der Waals surface area (Å²) >= 11 is 2.53. The van der Waals surface area contributed by atoms with Crippen molar-refractivity contribution >= 4 is 44.9 Å². The molecule has 0 saturated carbocycles. The van der Waals surface area contributed by atoms with Gasteiger partial charge in [0.15, 0.2) is 22.6 Å². The van der Waals surface area contributed by atoms with Crippen molar-refractivity contribution in [3.63, 3.8) is 0 Å². The highest BCUT2D eigenvalue weighted by atomic mass is 32.2. The van der Waals surface area contributed by atoms with Gasteiger partial charge in [-0.25, -0.2) is 18.2 Å². The van der Waals surface area contributed by atoms with E-state index in [9.17, 15) is 22.8 Å². The van der Waals surface area contributed by atoms with E-state index < -0.39 is 29.0 Å². The van der Waals surface area contributed by atoms with Crippen molar-refractivity contribution in [1.82, 2.24) is 9.55 Å². The van der Waals surface area contributed by atoms with Gasteiger partial charge in [0, 0.05) is 11.4 Å². The van der Waals surface area contributed by atoms with E-state index in [1.165, 1.54) is 20.8 Å². The Bertz CT molecular complexity index is 1270. The van der Waals surface area contributed by atoms with Gasteiger partial charge in [-0.2, -0.15) is 0 Å². The molecular weight excluding hydrogens is 459 g/mol. The van der Waals surface area contributed by atoms with Crippen LogP contribution in [-0.4, -0.2) is 21.2 Å². The number of rotatable bonds is 6. The molecule has 0 atom stereocenters. The summed E-state index contributed by atoms with van der Waals surface area (Å²) in [6.45, 7) is 3.93. The molecule has 1 amide bonds. The van der Waals surface area contributed by atoms with Crippen molar-refractivity contribution in [2.24, 2.45) is 0 Å². The number of thioether (sulfide) groups is 1. The Morgan fingerprint density at radius 3 is 2.78 bits per heavy atom. The van der Waals surface area contributed by atoms with Crippen molar-refractivity contribution < 1.29 is 18.0 Å². The second-order valence-corrected chi connectivity index (χ2v) is 9.43. The molecule has 1 aliphatic rings. The maximum atomic E-state index is 13.8. The molecule has 3 aromatic rings. The summed E-state index contributed by atoms with van der Waals surface area (Å²) in [5, 5.41) is 3.22. The molecule has 1 N–H and O–H groups in total. The third-order valence-corrected chi connectivity index (χ3v) is 7.41. The van der Waals surface area contributed by atoms with Gasteiger partial charge in [0.25, 0.3) is 5.56 Å². The number of benzene rings is 1. The number of thiophene rings is 1. The quantitative estimate of drug-likeness (QED) is 0.176. The summed E-state index contributed by atoms with van der Waals surface area (Å²) < 4.78 is 41.8. The Morgan fingerprint density at radius 1 is 1.22 bits per heavy atom. The SMILES string of the molecule is C=CCn1c(SCC(=O)Nc2ccc(F)c(F)c2F)nc2sc3c(c2c1=O)CCCCC3. The van der Waals surface area contributed by atoms with Crippen LogP contribution >= 0.6 is 23.1 Å². The van der Waals surface area contributed by atoms with Crippen LogP contribution in [0.25, 0.3) is 10.2 Å². The van der Waals surface area contributed by atoms with Crippen molar-refractivity contribution in [3.05, 3.63) is 63.0 Å². The fraction of sp³-hybridized carbons (Fsp3) is 0.318. The van der Waals surface area contributed by atoms with Gasteiger partial charge in [-0.05, 0) is 43.4 Å². The number of halogens is 3. The zero-order valence-electron chi connectivity index (χ0n) is 17.1. The number of hydrogen-bond donors (Lipinski definition) is 1. The van der Waals surface area contributed by atoms with Crippen LogP contribution in [0.2, 0.25) is 0 Å². The van der Waals surface area contributed by atoms with E-state index in [-0.39, 0.29) is 17.9 Å². The molecule has 0 spiro atoms. The van der Waals surface area contributed by atoms with Crippen LogP contribution in [0, 0.1) is 17.5 Å². The molecule has 2 aromatic heterocycles. The molecule has 0 fully saturated rings.